The van der Waals surface area contributed by atoms with Gasteiger partial charge in [0, 0.05) is 21.0 Å². The van der Waals surface area contributed by atoms with E-state index < -0.39 is 0 Å². The third kappa shape index (κ3) is 4.28. The van der Waals surface area contributed by atoms with Crippen LogP contribution in [-0.2, 0) is 0 Å². The Morgan fingerprint density at radius 2 is 1.82 bits per heavy atom. The van der Waals surface area contributed by atoms with Gasteiger partial charge in [-0.15, -0.1) is 11.8 Å². The van der Waals surface area contributed by atoms with E-state index in [1.54, 1.807) is 11.8 Å². The summed E-state index contributed by atoms with van der Waals surface area (Å²) < 4.78 is 1.08. The highest BCUT2D eigenvalue weighted by molar-refractivity contribution is 9.10. The molecular formula is C13H20BrNOS. The minimum atomic E-state index is -0.330. The fourth-order valence-electron chi connectivity index (χ4n) is 1.53. The third-order valence-corrected chi connectivity index (χ3v) is 5.25. The van der Waals surface area contributed by atoms with Gasteiger partial charge in [-0.2, -0.15) is 0 Å². The molecule has 0 amide bonds. The van der Waals surface area contributed by atoms with Crippen LogP contribution in [0, 0.1) is 0 Å². The Balaban J connectivity index is 2.91. The van der Waals surface area contributed by atoms with Crippen molar-refractivity contribution in [2.75, 3.05) is 0 Å². The number of thioether (sulfide) groups is 1. The predicted octanol–water partition coefficient (Wildman–Crippen LogP) is 3.34. The fourth-order valence-corrected chi connectivity index (χ4v) is 3.50. The fraction of sp³-hybridized carbons (Fsp3) is 0.538. The predicted molar refractivity (Wildman–Crippen MR) is 79.3 cm³/mol. The van der Waals surface area contributed by atoms with Crippen LogP contribution >= 0.6 is 27.7 Å². The molecule has 0 saturated carbocycles. The Bertz CT molecular complexity index is 357. The molecule has 0 fully saturated rings. The summed E-state index contributed by atoms with van der Waals surface area (Å²) in [5.41, 5.74) is 7.26. The van der Waals surface area contributed by atoms with Crippen LogP contribution in [0.3, 0.4) is 0 Å². The maximum absolute atomic E-state index is 9.59. The molecule has 0 aromatic heterocycles. The number of halogens is 1. The van der Waals surface area contributed by atoms with Crippen LogP contribution in [0.15, 0.2) is 28.7 Å². The number of hydrogen-bond acceptors (Lipinski definition) is 3. The molecule has 96 valence electrons. The molecule has 0 aliphatic rings. The Morgan fingerprint density at radius 1 is 1.24 bits per heavy atom. The molecule has 0 aliphatic heterocycles. The van der Waals surface area contributed by atoms with Gasteiger partial charge >= 0.3 is 0 Å². The monoisotopic (exact) mass is 317 g/mol. The van der Waals surface area contributed by atoms with Gasteiger partial charge in [0.2, 0.25) is 0 Å². The molecule has 2 nitrogen and oxygen atoms in total. The molecule has 0 radical (unpaired) electrons. The molecule has 0 aliphatic carbocycles. The lowest BCUT2D eigenvalue weighted by Gasteiger charge is -2.26. The van der Waals surface area contributed by atoms with Crippen molar-refractivity contribution in [1.29, 1.82) is 0 Å². The molecule has 3 N–H and O–H groups in total. The van der Waals surface area contributed by atoms with E-state index in [4.69, 9.17) is 5.73 Å². The number of rotatable bonds is 5. The van der Waals surface area contributed by atoms with Crippen LogP contribution in [0.5, 0.6) is 0 Å². The Morgan fingerprint density at radius 3 is 2.29 bits per heavy atom. The first-order valence-electron chi connectivity index (χ1n) is 5.77. The van der Waals surface area contributed by atoms with Crippen molar-refractivity contribution in [3.8, 4) is 0 Å². The van der Waals surface area contributed by atoms with E-state index in [0.717, 1.165) is 4.47 Å². The van der Waals surface area contributed by atoms with Gasteiger partial charge in [-0.1, -0.05) is 41.1 Å². The summed E-state index contributed by atoms with van der Waals surface area (Å²) in [6, 6.07) is 8.16. The highest BCUT2D eigenvalue weighted by Gasteiger charge is 2.23. The smallest absolute Gasteiger partial charge is 0.0628 e. The van der Waals surface area contributed by atoms with Crippen LogP contribution in [0.25, 0.3) is 0 Å². The molecular weight excluding hydrogens is 298 g/mol. The van der Waals surface area contributed by atoms with Crippen LogP contribution in [0.4, 0.5) is 0 Å². The van der Waals surface area contributed by atoms with E-state index in [2.05, 4.69) is 22.0 Å². The lowest BCUT2D eigenvalue weighted by atomic mass is 10.1. The van der Waals surface area contributed by atoms with E-state index in [0.29, 0.717) is 0 Å². The first kappa shape index (κ1) is 15.0. The van der Waals surface area contributed by atoms with Crippen molar-refractivity contribution < 1.29 is 5.11 Å². The average Bonchev–Trinajstić information content (AvgIpc) is 2.26. The van der Waals surface area contributed by atoms with Crippen molar-refractivity contribution in [2.45, 2.75) is 43.4 Å². The standard InChI is InChI=1S/C13H20BrNOS/c1-8(15)13(17-10(3)9(2)16)11-6-4-5-7-12(11)14/h4-10,13,16H,15H2,1-3H3. The molecule has 1 rings (SSSR count). The quantitative estimate of drug-likeness (QED) is 0.875. The zero-order chi connectivity index (χ0) is 13.0. The second kappa shape index (κ2) is 6.78. The maximum atomic E-state index is 9.59. The summed E-state index contributed by atoms with van der Waals surface area (Å²) in [5, 5.41) is 9.95. The zero-order valence-electron chi connectivity index (χ0n) is 10.4. The molecule has 4 heteroatoms. The molecule has 1 aromatic carbocycles. The zero-order valence-corrected chi connectivity index (χ0v) is 12.8. The summed E-state index contributed by atoms with van der Waals surface area (Å²) in [5.74, 6) is 0. The molecule has 0 spiro atoms. The van der Waals surface area contributed by atoms with Gasteiger partial charge in [0.25, 0.3) is 0 Å². The summed E-state index contributed by atoms with van der Waals surface area (Å²) >= 11 is 5.28. The van der Waals surface area contributed by atoms with Gasteiger partial charge in [0.05, 0.1) is 6.10 Å². The Kier molecular flexibility index (Phi) is 6.00. The van der Waals surface area contributed by atoms with E-state index >= 15 is 0 Å². The SMILES string of the molecule is CC(N)C(SC(C)C(C)O)c1ccccc1Br. The first-order chi connectivity index (χ1) is 7.93. The van der Waals surface area contributed by atoms with E-state index in [9.17, 15) is 5.11 Å². The van der Waals surface area contributed by atoms with E-state index in [1.807, 2.05) is 39.0 Å². The summed E-state index contributed by atoms with van der Waals surface area (Å²) in [6.45, 7) is 5.85. The van der Waals surface area contributed by atoms with E-state index in [1.165, 1.54) is 5.56 Å². The van der Waals surface area contributed by atoms with Crippen molar-refractivity contribution in [3.05, 3.63) is 34.3 Å². The molecule has 0 heterocycles. The second-order valence-corrected chi connectivity index (χ2v) is 6.76. The number of nitrogens with two attached hydrogens (primary N) is 1. The number of aliphatic hydroxyl groups is 1. The van der Waals surface area contributed by atoms with Crippen molar-refractivity contribution >= 4 is 27.7 Å². The Labute approximate surface area is 116 Å². The minimum absolute atomic E-state index is 0.0416. The van der Waals surface area contributed by atoms with Gasteiger partial charge < -0.3 is 10.8 Å². The first-order valence-corrected chi connectivity index (χ1v) is 7.50. The highest BCUT2D eigenvalue weighted by atomic mass is 79.9. The van der Waals surface area contributed by atoms with Gasteiger partial charge in [-0.05, 0) is 25.5 Å². The summed E-state index contributed by atoms with van der Waals surface area (Å²) in [4.78, 5) is 0. The summed E-state index contributed by atoms with van der Waals surface area (Å²) in [7, 11) is 0. The van der Waals surface area contributed by atoms with Crippen LogP contribution in [-0.4, -0.2) is 22.5 Å². The number of benzene rings is 1. The second-order valence-electron chi connectivity index (χ2n) is 4.38. The lowest BCUT2D eigenvalue weighted by molar-refractivity contribution is 0.196. The molecule has 17 heavy (non-hydrogen) atoms. The Hall–Kier alpha value is -0.0300. The number of aliphatic hydroxyl groups excluding tert-OH is 1. The normalized spacial score (nSPS) is 18.5. The van der Waals surface area contributed by atoms with E-state index in [-0.39, 0.29) is 22.6 Å². The third-order valence-electron chi connectivity index (χ3n) is 2.73. The minimum Gasteiger partial charge on any atom is -0.392 e. The van der Waals surface area contributed by atoms with Gasteiger partial charge in [-0.3, -0.25) is 0 Å². The van der Waals surface area contributed by atoms with Crippen molar-refractivity contribution in [3.63, 3.8) is 0 Å². The average molecular weight is 318 g/mol. The lowest BCUT2D eigenvalue weighted by Crippen LogP contribution is -2.27. The van der Waals surface area contributed by atoms with Gasteiger partial charge in [-0.25, -0.2) is 0 Å². The van der Waals surface area contributed by atoms with Gasteiger partial charge in [0.1, 0.15) is 0 Å². The molecule has 1 aromatic rings. The summed E-state index contributed by atoms with van der Waals surface area (Å²) in [6.07, 6.45) is -0.330. The van der Waals surface area contributed by atoms with Crippen molar-refractivity contribution in [1.82, 2.24) is 0 Å². The molecule has 4 unspecified atom stereocenters. The molecule has 0 saturated heterocycles. The highest BCUT2D eigenvalue weighted by Crippen LogP contribution is 2.38. The number of hydrogen-bond donors (Lipinski definition) is 2. The van der Waals surface area contributed by atoms with Gasteiger partial charge in [0.15, 0.2) is 0 Å². The largest absolute Gasteiger partial charge is 0.392 e. The maximum Gasteiger partial charge on any atom is 0.0628 e. The topological polar surface area (TPSA) is 46.2 Å². The van der Waals surface area contributed by atoms with Crippen molar-refractivity contribution in [2.24, 2.45) is 5.73 Å². The molecule has 0 bridgehead atoms. The van der Waals surface area contributed by atoms with Crippen LogP contribution in [0.2, 0.25) is 0 Å². The van der Waals surface area contributed by atoms with Crippen LogP contribution in [0.1, 0.15) is 31.6 Å². The van der Waals surface area contributed by atoms with Crippen LogP contribution < -0.4 is 5.73 Å². The molecule has 4 atom stereocenters.